The smallest absolute Gasteiger partial charge is 0.337 e. The molecule has 0 aliphatic heterocycles. The number of carboxylic acids is 1. The van der Waals surface area contributed by atoms with E-state index in [2.05, 4.69) is 10.3 Å². The van der Waals surface area contributed by atoms with Gasteiger partial charge in [-0.3, -0.25) is 0 Å². The SMILES string of the molecule is CNc1ncc(C(=O)O)cc1C. The van der Waals surface area contributed by atoms with Gasteiger partial charge >= 0.3 is 5.97 Å². The molecule has 4 nitrogen and oxygen atoms in total. The summed E-state index contributed by atoms with van der Waals surface area (Å²) in [4.78, 5) is 14.4. The van der Waals surface area contributed by atoms with Crippen molar-refractivity contribution in [1.29, 1.82) is 0 Å². The van der Waals surface area contributed by atoms with Gasteiger partial charge in [-0.15, -0.1) is 0 Å². The molecule has 1 aromatic rings. The molecular formula is C8H10N2O2. The molecule has 1 heterocycles. The molecule has 0 spiro atoms. The Hall–Kier alpha value is -1.58. The van der Waals surface area contributed by atoms with E-state index in [1.165, 1.54) is 6.20 Å². The number of aromatic nitrogens is 1. The van der Waals surface area contributed by atoms with Gasteiger partial charge in [0, 0.05) is 13.2 Å². The Labute approximate surface area is 70.3 Å². The van der Waals surface area contributed by atoms with Crippen LogP contribution in [-0.4, -0.2) is 23.1 Å². The van der Waals surface area contributed by atoms with E-state index < -0.39 is 5.97 Å². The maximum absolute atomic E-state index is 10.5. The second-order valence-electron chi connectivity index (χ2n) is 2.44. The molecule has 0 amide bonds. The zero-order valence-corrected chi connectivity index (χ0v) is 6.96. The number of hydrogen-bond donors (Lipinski definition) is 2. The van der Waals surface area contributed by atoms with Crippen molar-refractivity contribution >= 4 is 11.8 Å². The van der Waals surface area contributed by atoms with Crippen LogP contribution in [0.15, 0.2) is 12.3 Å². The van der Waals surface area contributed by atoms with Gasteiger partial charge < -0.3 is 10.4 Å². The van der Waals surface area contributed by atoms with Gasteiger partial charge in [0.05, 0.1) is 5.56 Å². The summed E-state index contributed by atoms with van der Waals surface area (Å²) in [5, 5.41) is 11.5. The van der Waals surface area contributed by atoms with Crippen molar-refractivity contribution in [3.63, 3.8) is 0 Å². The summed E-state index contributed by atoms with van der Waals surface area (Å²) >= 11 is 0. The van der Waals surface area contributed by atoms with Gasteiger partial charge in [-0.05, 0) is 18.6 Å². The summed E-state index contributed by atoms with van der Waals surface area (Å²) in [5.41, 5.74) is 1.05. The standard InChI is InChI=1S/C8H10N2O2/c1-5-3-6(8(11)12)4-10-7(5)9-2/h3-4H,1-2H3,(H,9,10)(H,11,12). The fraction of sp³-hybridized carbons (Fsp3) is 0.250. The van der Waals surface area contributed by atoms with Crippen LogP contribution in [0.5, 0.6) is 0 Å². The van der Waals surface area contributed by atoms with Crippen LogP contribution in [0.4, 0.5) is 5.82 Å². The number of anilines is 1. The number of rotatable bonds is 2. The lowest BCUT2D eigenvalue weighted by Crippen LogP contribution is -2.01. The Morgan fingerprint density at radius 2 is 2.33 bits per heavy atom. The van der Waals surface area contributed by atoms with Crippen molar-refractivity contribution in [2.75, 3.05) is 12.4 Å². The molecule has 0 unspecified atom stereocenters. The fourth-order valence-corrected chi connectivity index (χ4v) is 0.953. The first-order chi connectivity index (χ1) is 5.65. The van der Waals surface area contributed by atoms with Crippen molar-refractivity contribution in [2.45, 2.75) is 6.92 Å². The van der Waals surface area contributed by atoms with E-state index in [0.29, 0.717) is 5.82 Å². The van der Waals surface area contributed by atoms with Crippen LogP contribution in [0.2, 0.25) is 0 Å². The zero-order valence-electron chi connectivity index (χ0n) is 6.96. The van der Waals surface area contributed by atoms with Gasteiger partial charge in [0.1, 0.15) is 5.82 Å². The average molecular weight is 166 g/mol. The lowest BCUT2D eigenvalue weighted by atomic mass is 10.2. The van der Waals surface area contributed by atoms with E-state index in [-0.39, 0.29) is 5.56 Å². The van der Waals surface area contributed by atoms with Crippen molar-refractivity contribution in [1.82, 2.24) is 4.98 Å². The van der Waals surface area contributed by atoms with E-state index >= 15 is 0 Å². The molecule has 12 heavy (non-hydrogen) atoms. The molecule has 0 aliphatic carbocycles. The molecule has 2 N–H and O–H groups in total. The summed E-state index contributed by atoms with van der Waals surface area (Å²) in [7, 11) is 1.75. The second-order valence-corrected chi connectivity index (χ2v) is 2.44. The molecule has 0 atom stereocenters. The predicted molar refractivity (Wildman–Crippen MR) is 45.5 cm³/mol. The number of nitrogens with zero attached hydrogens (tertiary/aromatic N) is 1. The third-order valence-electron chi connectivity index (χ3n) is 1.56. The molecular weight excluding hydrogens is 156 g/mol. The minimum absolute atomic E-state index is 0.214. The molecule has 4 heteroatoms. The molecule has 0 radical (unpaired) electrons. The van der Waals surface area contributed by atoms with E-state index in [9.17, 15) is 4.79 Å². The molecule has 0 saturated carbocycles. The number of aromatic carboxylic acids is 1. The largest absolute Gasteiger partial charge is 0.478 e. The predicted octanol–water partition coefficient (Wildman–Crippen LogP) is 1.13. The summed E-state index contributed by atoms with van der Waals surface area (Å²) in [6.45, 7) is 1.81. The first kappa shape index (κ1) is 8.52. The monoisotopic (exact) mass is 166 g/mol. The fourth-order valence-electron chi connectivity index (χ4n) is 0.953. The zero-order chi connectivity index (χ0) is 9.14. The summed E-state index contributed by atoms with van der Waals surface area (Å²) in [5.74, 6) is -0.242. The van der Waals surface area contributed by atoms with Crippen LogP contribution in [0, 0.1) is 6.92 Å². The maximum atomic E-state index is 10.5. The molecule has 64 valence electrons. The Morgan fingerprint density at radius 3 is 2.75 bits per heavy atom. The molecule has 0 aromatic carbocycles. The van der Waals surface area contributed by atoms with Crippen LogP contribution in [0.25, 0.3) is 0 Å². The normalized spacial score (nSPS) is 9.50. The van der Waals surface area contributed by atoms with Gasteiger partial charge in [-0.1, -0.05) is 0 Å². The van der Waals surface area contributed by atoms with Crippen molar-refractivity contribution in [3.05, 3.63) is 23.4 Å². The highest BCUT2D eigenvalue weighted by atomic mass is 16.4. The minimum Gasteiger partial charge on any atom is -0.478 e. The molecule has 1 rings (SSSR count). The Balaban J connectivity index is 3.10. The van der Waals surface area contributed by atoms with Crippen LogP contribution in [-0.2, 0) is 0 Å². The number of carboxylic acid groups (broad SMARTS) is 1. The van der Waals surface area contributed by atoms with Crippen LogP contribution >= 0.6 is 0 Å². The van der Waals surface area contributed by atoms with Gasteiger partial charge in [-0.2, -0.15) is 0 Å². The molecule has 1 aromatic heterocycles. The highest BCUT2D eigenvalue weighted by molar-refractivity contribution is 5.87. The summed E-state index contributed by atoms with van der Waals surface area (Å²) in [6, 6.07) is 1.58. The number of aryl methyl sites for hydroxylation is 1. The minimum atomic E-state index is -0.951. The number of nitrogens with one attached hydrogen (secondary N) is 1. The Morgan fingerprint density at radius 1 is 1.67 bits per heavy atom. The first-order valence-electron chi connectivity index (χ1n) is 3.53. The lowest BCUT2D eigenvalue weighted by molar-refractivity contribution is 0.0696. The van der Waals surface area contributed by atoms with Gasteiger partial charge in [0.2, 0.25) is 0 Å². The summed E-state index contributed by atoms with van der Waals surface area (Å²) in [6.07, 6.45) is 1.33. The Bertz CT molecular complexity index is 310. The van der Waals surface area contributed by atoms with Crippen LogP contribution in [0.3, 0.4) is 0 Å². The Kier molecular flexibility index (Phi) is 2.28. The molecule has 0 saturated heterocycles. The second kappa shape index (κ2) is 3.21. The van der Waals surface area contributed by atoms with E-state index in [0.717, 1.165) is 5.56 Å². The lowest BCUT2D eigenvalue weighted by Gasteiger charge is -2.03. The van der Waals surface area contributed by atoms with E-state index in [1.807, 2.05) is 6.92 Å². The van der Waals surface area contributed by atoms with Crippen molar-refractivity contribution in [2.24, 2.45) is 0 Å². The highest BCUT2D eigenvalue weighted by Gasteiger charge is 2.04. The van der Waals surface area contributed by atoms with Crippen molar-refractivity contribution in [3.8, 4) is 0 Å². The third kappa shape index (κ3) is 1.53. The average Bonchev–Trinajstić information content (AvgIpc) is 2.04. The third-order valence-corrected chi connectivity index (χ3v) is 1.56. The number of pyridine rings is 1. The molecule has 0 bridgehead atoms. The first-order valence-corrected chi connectivity index (χ1v) is 3.53. The van der Waals surface area contributed by atoms with Gasteiger partial charge in [0.15, 0.2) is 0 Å². The summed E-state index contributed by atoms with van der Waals surface area (Å²) < 4.78 is 0. The van der Waals surface area contributed by atoms with Crippen LogP contribution in [0.1, 0.15) is 15.9 Å². The highest BCUT2D eigenvalue weighted by Crippen LogP contribution is 2.11. The van der Waals surface area contributed by atoms with Gasteiger partial charge in [0.25, 0.3) is 0 Å². The van der Waals surface area contributed by atoms with Gasteiger partial charge in [-0.25, -0.2) is 9.78 Å². The molecule has 0 fully saturated rings. The van der Waals surface area contributed by atoms with Crippen LogP contribution < -0.4 is 5.32 Å². The quantitative estimate of drug-likeness (QED) is 0.691. The maximum Gasteiger partial charge on any atom is 0.337 e. The van der Waals surface area contributed by atoms with E-state index in [4.69, 9.17) is 5.11 Å². The topological polar surface area (TPSA) is 62.2 Å². The number of carbonyl (C=O) groups is 1. The molecule has 0 aliphatic rings. The number of hydrogen-bond acceptors (Lipinski definition) is 3. The van der Waals surface area contributed by atoms with E-state index in [1.54, 1.807) is 13.1 Å². The van der Waals surface area contributed by atoms with Crippen molar-refractivity contribution < 1.29 is 9.90 Å².